The molecule has 3 aliphatic rings. The number of amides is 2. The number of carbonyl (C=O) groups excluding carboxylic acids is 3. The number of piperazine rings is 1. The Balaban J connectivity index is 1.19. The molecule has 2 saturated heterocycles. The zero-order chi connectivity index (χ0) is 22.9. The van der Waals surface area contributed by atoms with Gasteiger partial charge in [-0.3, -0.25) is 14.4 Å². The molecule has 2 fully saturated rings. The fourth-order valence-electron chi connectivity index (χ4n) is 4.67. The molecule has 5 rings (SSSR count). The molecule has 0 radical (unpaired) electrons. The van der Waals surface area contributed by atoms with Crippen molar-refractivity contribution in [3.05, 3.63) is 48.0 Å². The van der Waals surface area contributed by atoms with Crippen LogP contribution in [-0.2, 0) is 9.59 Å². The third-order valence-corrected chi connectivity index (χ3v) is 6.54. The zero-order valence-corrected chi connectivity index (χ0v) is 18.7. The number of rotatable bonds is 4. The van der Waals surface area contributed by atoms with Crippen LogP contribution in [0.1, 0.15) is 23.7 Å². The molecular weight excluding hydrogens is 422 g/mol. The lowest BCUT2D eigenvalue weighted by Gasteiger charge is -2.37. The molecule has 172 valence electrons. The van der Waals surface area contributed by atoms with Crippen LogP contribution in [0.3, 0.4) is 0 Å². The van der Waals surface area contributed by atoms with Crippen LogP contribution in [0, 0.1) is 5.92 Å². The van der Waals surface area contributed by atoms with E-state index in [4.69, 9.17) is 9.47 Å². The van der Waals surface area contributed by atoms with Gasteiger partial charge in [-0.2, -0.15) is 0 Å². The highest BCUT2D eigenvalue weighted by molar-refractivity contribution is 6.00. The predicted octanol–water partition coefficient (Wildman–Crippen LogP) is 2.36. The predicted molar refractivity (Wildman–Crippen MR) is 123 cm³/mol. The monoisotopic (exact) mass is 449 g/mol. The Morgan fingerprint density at radius 3 is 2.24 bits per heavy atom. The van der Waals surface area contributed by atoms with E-state index in [0.29, 0.717) is 49.9 Å². The first-order valence-corrected chi connectivity index (χ1v) is 11.3. The third kappa shape index (κ3) is 4.25. The fourth-order valence-corrected chi connectivity index (χ4v) is 4.67. The van der Waals surface area contributed by atoms with Gasteiger partial charge in [-0.15, -0.1) is 0 Å². The Morgan fingerprint density at radius 1 is 0.879 bits per heavy atom. The number of ether oxygens (including phenoxy) is 2. The van der Waals surface area contributed by atoms with Crippen LogP contribution in [0.4, 0.5) is 11.4 Å². The van der Waals surface area contributed by atoms with Crippen molar-refractivity contribution in [3.63, 3.8) is 0 Å². The number of benzene rings is 2. The summed E-state index contributed by atoms with van der Waals surface area (Å²) in [5.74, 6) is 1.01. The Bertz CT molecular complexity index is 1080. The summed E-state index contributed by atoms with van der Waals surface area (Å²) in [7, 11) is 0. The summed E-state index contributed by atoms with van der Waals surface area (Å²) in [6.07, 6.45) is 0.222. The molecule has 0 aromatic heterocycles. The highest BCUT2D eigenvalue weighted by Gasteiger charge is 2.38. The lowest BCUT2D eigenvalue weighted by molar-refractivity contribution is -0.136. The summed E-state index contributed by atoms with van der Waals surface area (Å²) >= 11 is 0. The number of ketones is 1. The molecule has 0 saturated carbocycles. The minimum atomic E-state index is -0.341. The summed E-state index contributed by atoms with van der Waals surface area (Å²) in [5.41, 5.74) is 2.48. The van der Waals surface area contributed by atoms with Crippen molar-refractivity contribution in [1.82, 2.24) is 4.90 Å². The SMILES string of the molecule is CC(=O)c1ccc(N2CCN(C(=O)[C@H]3CC(=O)N(c4ccc5c(c4)OCCO5)C3)CC2)cc1. The molecule has 8 heteroatoms. The van der Waals surface area contributed by atoms with E-state index in [0.717, 1.165) is 24.5 Å². The number of hydrogen-bond donors (Lipinski definition) is 0. The van der Waals surface area contributed by atoms with Gasteiger partial charge >= 0.3 is 0 Å². The molecule has 2 aromatic carbocycles. The molecule has 0 N–H and O–H groups in total. The molecule has 3 heterocycles. The van der Waals surface area contributed by atoms with Gasteiger partial charge in [0.15, 0.2) is 17.3 Å². The van der Waals surface area contributed by atoms with Gasteiger partial charge in [0.05, 0.1) is 5.92 Å². The highest BCUT2D eigenvalue weighted by Crippen LogP contribution is 2.36. The maximum absolute atomic E-state index is 13.2. The van der Waals surface area contributed by atoms with Gasteiger partial charge in [-0.05, 0) is 43.3 Å². The number of hydrogen-bond acceptors (Lipinski definition) is 6. The molecule has 0 bridgehead atoms. The van der Waals surface area contributed by atoms with Gasteiger partial charge in [0.1, 0.15) is 13.2 Å². The first-order chi connectivity index (χ1) is 16.0. The maximum Gasteiger partial charge on any atom is 0.228 e. The first-order valence-electron chi connectivity index (χ1n) is 11.3. The molecule has 0 unspecified atom stereocenters. The lowest BCUT2D eigenvalue weighted by atomic mass is 10.1. The number of Topliss-reactive ketones (excluding diaryl/α,β-unsaturated/α-hetero) is 1. The summed E-state index contributed by atoms with van der Waals surface area (Å²) in [6, 6.07) is 13.1. The number of carbonyl (C=O) groups is 3. The quantitative estimate of drug-likeness (QED) is 0.667. The van der Waals surface area contributed by atoms with E-state index in [-0.39, 0.29) is 29.9 Å². The molecule has 3 aliphatic heterocycles. The van der Waals surface area contributed by atoms with Crippen LogP contribution >= 0.6 is 0 Å². The Morgan fingerprint density at radius 2 is 1.55 bits per heavy atom. The summed E-state index contributed by atoms with van der Waals surface area (Å²) in [4.78, 5) is 43.1. The average Bonchev–Trinajstić information content (AvgIpc) is 3.25. The minimum absolute atomic E-state index is 0.0370. The van der Waals surface area contributed by atoms with Gasteiger partial charge in [0.25, 0.3) is 0 Å². The number of anilines is 2. The average molecular weight is 450 g/mol. The lowest BCUT2D eigenvalue weighted by Crippen LogP contribution is -2.50. The van der Waals surface area contributed by atoms with E-state index in [1.807, 2.05) is 47.4 Å². The molecule has 1 atom stereocenters. The molecule has 0 spiro atoms. The third-order valence-electron chi connectivity index (χ3n) is 6.54. The smallest absolute Gasteiger partial charge is 0.228 e. The molecular formula is C25H27N3O5. The van der Waals surface area contributed by atoms with Crippen LogP contribution in [0.5, 0.6) is 11.5 Å². The van der Waals surface area contributed by atoms with Crippen LogP contribution in [0.2, 0.25) is 0 Å². The molecule has 2 aromatic rings. The van der Waals surface area contributed by atoms with Crippen molar-refractivity contribution >= 4 is 29.0 Å². The van der Waals surface area contributed by atoms with Crippen LogP contribution in [-0.4, -0.2) is 68.4 Å². The largest absolute Gasteiger partial charge is 0.486 e. The maximum atomic E-state index is 13.2. The summed E-state index contributed by atoms with van der Waals surface area (Å²) < 4.78 is 11.2. The van der Waals surface area contributed by atoms with Crippen LogP contribution in [0.15, 0.2) is 42.5 Å². The van der Waals surface area contributed by atoms with Crippen molar-refractivity contribution in [2.45, 2.75) is 13.3 Å². The second-order valence-electron chi connectivity index (χ2n) is 8.65. The normalized spacial score (nSPS) is 20.2. The van der Waals surface area contributed by atoms with Gasteiger partial charge < -0.3 is 24.2 Å². The van der Waals surface area contributed by atoms with E-state index in [9.17, 15) is 14.4 Å². The Labute approximate surface area is 192 Å². The van der Waals surface area contributed by atoms with Crippen molar-refractivity contribution < 1.29 is 23.9 Å². The van der Waals surface area contributed by atoms with Gasteiger partial charge in [-0.1, -0.05) is 0 Å². The fraction of sp³-hybridized carbons (Fsp3) is 0.400. The van der Waals surface area contributed by atoms with Gasteiger partial charge in [0, 0.05) is 62.1 Å². The minimum Gasteiger partial charge on any atom is -0.486 e. The summed E-state index contributed by atoms with van der Waals surface area (Å²) in [6.45, 7) is 5.60. The topological polar surface area (TPSA) is 79.4 Å². The van der Waals surface area contributed by atoms with Gasteiger partial charge in [0.2, 0.25) is 11.8 Å². The molecule has 0 aliphatic carbocycles. The van der Waals surface area contributed by atoms with Crippen LogP contribution in [0.25, 0.3) is 0 Å². The second-order valence-corrected chi connectivity index (χ2v) is 8.65. The number of fused-ring (bicyclic) bond motifs is 1. The number of nitrogens with zero attached hydrogens (tertiary/aromatic N) is 3. The Hall–Kier alpha value is -3.55. The van der Waals surface area contributed by atoms with E-state index in [1.165, 1.54) is 0 Å². The summed E-state index contributed by atoms with van der Waals surface area (Å²) in [5, 5.41) is 0. The standard InChI is InChI=1S/C25H27N3O5/c1-17(29)18-2-4-20(5-3-18)26-8-10-27(11-9-26)25(31)19-14-24(30)28(16-19)21-6-7-22-23(15-21)33-13-12-32-22/h2-7,15,19H,8-14,16H2,1H3/t19-/m0/s1. The van der Waals surface area contributed by atoms with Crippen molar-refractivity contribution in [2.24, 2.45) is 5.92 Å². The highest BCUT2D eigenvalue weighted by atomic mass is 16.6. The van der Waals surface area contributed by atoms with Crippen molar-refractivity contribution in [1.29, 1.82) is 0 Å². The Kier molecular flexibility index (Phi) is 5.66. The van der Waals surface area contributed by atoms with Crippen LogP contribution < -0.4 is 19.3 Å². The van der Waals surface area contributed by atoms with Crippen molar-refractivity contribution in [3.8, 4) is 11.5 Å². The zero-order valence-electron chi connectivity index (χ0n) is 18.7. The van der Waals surface area contributed by atoms with E-state index in [1.54, 1.807) is 11.8 Å². The van der Waals surface area contributed by atoms with Gasteiger partial charge in [-0.25, -0.2) is 0 Å². The second kappa shape index (κ2) is 8.77. The van der Waals surface area contributed by atoms with E-state index >= 15 is 0 Å². The first kappa shape index (κ1) is 21.3. The molecule has 33 heavy (non-hydrogen) atoms. The van der Waals surface area contributed by atoms with E-state index in [2.05, 4.69) is 4.90 Å². The molecule has 8 nitrogen and oxygen atoms in total. The van der Waals surface area contributed by atoms with Crippen molar-refractivity contribution in [2.75, 3.05) is 55.7 Å². The molecule has 2 amide bonds. The van der Waals surface area contributed by atoms with E-state index < -0.39 is 0 Å².